The lowest BCUT2D eigenvalue weighted by atomic mass is 10.1. The van der Waals surface area contributed by atoms with E-state index >= 15 is 0 Å². The number of rotatable bonds is 1. The van der Waals surface area contributed by atoms with Crippen molar-refractivity contribution in [3.05, 3.63) is 42.1 Å². The smallest absolute Gasteiger partial charge is 0.0892 e. The van der Waals surface area contributed by atoms with Crippen molar-refractivity contribution in [1.29, 1.82) is 0 Å². The molecule has 0 aliphatic carbocycles. The number of benzene rings is 1. The minimum atomic E-state index is 0.796. The second kappa shape index (κ2) is 3.37. The average molecular weight is 185 g/mol. The van der Waals surface area contributed by atoms with Gasteiger partial charge in [-0.3, -0.25) is 0 Å². The van der Waals surface area contributed by atoms with Crippen LogP contribution in [0.3, 0.4) is 0 Å². The van der Waals surface area contributed by atoms with E-state index in [9.17, 15) is 0 Å². The third-order valence-electron chi connectivity index (χ3n) is 2.43. The molecule has 0 spiro atoms. The second-order valence-electron chi connectivity index (χ2n) is 3.47. The van der Waals surface area contributed by atoms with Crippen LogP contribution in [-0.4, -0.2) is 9.97 Å². The monoisotopic (exact) mass is 185 g/mol. The zero-order valence-electron chi connectivity index (χ0n) is 8.54. The van der Waals surface area contributed by atoms with Gasteiger partial charge in [0.1, 0.15) is 0 Å². The summed E-state index contributed by atoms with van der Waals surface area (Å²) in [6, 6.07) is 6.12. The van der Waals surface area contributed by atoms with E-state index in [0.717, 1.165) is 28.8 Å². The Balaban J connectivity index is 2.70. The van der Waals surface area contributed by atoms with Gasteiger partial charge < -0.3 is 0 Å². The van der Waals surface area contributed by atoms with Crippen LogP contribution in [0.15, 0.2) is 18.2 Å². The van der Waals surface area contributed by atoms with E-state index < -0.39 is 0 Å². The lowest BCUT2D eigenvalue weighted by Gasteiger charge is -2.03. The zero-order chi connectivity index (χ0) is 10.1. The van der Waals surface area contributed by atoms with Gasteiger partial charge >= 0.3 is 0 Å². The molecule has 1 aromatic carbocycles. The molecule has 0 saturated heterocycles. The Kier molecular flexibility index (Phi) is 2.20. The summed E-state index contributed by atoms with van der Waals surface area (Å²) in [5.74, 6) is 0. The SMILES string of the molecule is [CH2]Cc1ccc2nc(C)c(C)nc2c1. The predicted octanol–water partition coefficient (Wildman–Crippen LogP) is 2.62. The third kappa shape index (κ3) is 1.48. The Labute approximate surface area is 84.0 Å². The van der Waals surface area contributed by atoms with E-state index in [0.29, 0.717) is 0 Å². The van der Waals surface area contributed by atoms with Crippen LogP contribution in [0.5, 0.6) is 0 Å². The van der Waals surface area contributed by atoms with E-state index in [4.69, 9.17) is 0 Å². The maximum Gasteiger partial charge on any atom is 0.0892 e. The van der Waals surface area contributed by atoms with Gasteiger partial charge in [0.2, 0.25) is 0 Å². The molecule has 0 amide bonds. The van der Waals surface area contributed by atoms with Crippen molar-refractivity contribution in [2.24, 2.45) is 0 Å². The summed E-state index contributed by atoms with van der Waals surface area (Å²) in [5, 5.41) is 0. The molecule has 0 aliphatic rings. The van der Waals surface area contributed by atoms with E-state index in [-0.39, 0.29) is 0 Å². The summed E-state index contributed by atoms with van der Waals surface area (Å²) in [6.45, 7) is 7.82. The number of fused-ring (bicyclic) bond motifs is 1. The summed E-state index contributed by atoms with van der Waals surface area (Å²) in [4.78, 5) is 8.96. The lowest BCUT2D eigenvalue weighted by Crippen LogP contribution is -1.94. The molecule has 1 heterocycles. The van der Waals surface area contributed by atoms with E-state index in [2.05, 4.69) is 29.0 Å². The van der Waals surface area contributed by atoms with Crippen LogP contribution < -0.4 is 0 Å². The molecule has 2 aromatic rings. The molecule has 0 fully saturated rings. The first-order valence-electron chi connectivity index (χ1n) is 4.74. The molecular weight excluding hydrogens is 172 g/mol. The largest absolute Gasteiger partial charge is 0.250 e. The Morgan fingerprint density at radius 1 is 1.07 bits per heavy atom. The van der Waals surface area contributed by atoms with Crippen LogP contribution in [0.2, 0.25) is 0 Å². The molecule has 2 rings (SSSR count). The fraction of sp³-hybridized carbons (Fsp3) is 0.250. The first kappa shape index (κ1) is 9.13. The van der Waals surface area contributed by atoms with Crippen molar-refractivity contribution in [2.75, 3.05) is 0 Å². The molecule has 0 bridgehead atoms. The molecule has 14 heavy (non-hydrogen) atoms. The Morgan fingerprint density at radius 2 is 1.71 bits per heavy atom. The molecule has 2 nitrogen and oxygen atoms in total. The number of hydrogen-bond acceptors (Lipinski definition) is 2. The molecule has 0 saturated carbocycles. The Hall–Kier alpha value is -1.44. The van der Waals surface area contributed by atoms with Gasteiger partial charge in [0.05, 0.1) is 22.4 Å². The molecule has 71 valence electrons. The van der Waals surface area contributed by atoms with Gasteiger partial charge in [-0.05, 0) is 44.9 Å². The quantitative estimate of drug-likeness (QED) is 0.682. The Morgan fingerprint density at radius 3 is 2.36 bits per heavy atom. The van der Waals surface area contributed by atoms with Crippen LogP contribution in [0.25, 0.3) is 11.0 Å². The maximum atomic E-state index is 4.49. The van der Waals surface area contributed by atoms with Gasteiger partial charge in [0.25, 0.3) is 0 Å². The molecule has 0 N–H and O–H groups in total. The van der Waals surface area contributed by atoms with Crippen molar-refractivity contribution < 1.29 is 0 Å². The molecular formula is C12H13N2. The van der Waals surface area contributed by atoms with Crippen LogP contribution in [0, 0.1) is 20.8 Å². The van der Waals surface area contributed by atoms with E-state index in [1.165, 1.54) is 5.56 Å². The highest BCUT2D eigenvalue weighted by Gasteiger charge is 2.01. The van der Waals surface area contributed by atoms with Gasteiger partial charge in [-0.2, -0.15) is 0 Å². The highest BCUT2D eigenvalue weighted by Crippen LogP contribution is 2.14. The van der Waals surface area contributed by atoms with E-state index in [1.807, 2.05) is 19.9 Å². The van der Waals surface area contributed by atoms with Gasteiger partial charge in [-0.1, -0.05) is 6.07 Å². The molecule has 0 atom stereocenters. The van der Waals surface area contributed by atoms with Crippen LogP contribution in [-0.2, 0) is 6.42 Å². The number of nitrogens with zero attached hydrogens (tertiary/aromatic N) is 2. The summed E-state index contributed by atoms with van der Waals surface area (Å²) in [5.41, 5.74) is 5.13. The van der Waals surface area contributed by atoms with Crippen molar-refractivity contribution in [1.82, 2.24) is 9.97 Å². The number of aromatic nitrogens is 2. The average Bonchev–Trinajstić information content (AvgIpc) is 2.19. The van der Waals surface area contributed by atoms with Crippen molar-refractivity contribution in [3.8, 4) is 0 Å². The summed E-state index contributed by atoms with van der Waals surface area (Å²) >= 11 is 0. The highest BCUT2D eigenvalue weighted by molar-refractivity contribution is 5.75. The van der Waals surface area contributed by atoms with Gasteiger partial charge in [0.15, 0.2) is 0 Å². The summed E-state index contributed by atoms with van der Waals surface area (Å²) in [7, 11) is 0. The zero-order valence-corrected chi connectivity index (χ0v) is 8.54. The van der Waals surface area contributed by atoms with Gasteiger partial charge in [0, 0.05) is 0 Å². The standard InChI is InChI=1S/C12H13N2/c1-4-10-5-6-11-12(7-10)14-9(3)8(2)13-11/h5-7H,1,4H2,2-3H3. The summed E-state index contributed by atoms with van der Waals surface area (Å²) < 4.78 is 0. The first-order chi connectivity index (χ1) is 6.70. The lowest BCUT2D eigenvalue weighted by molar-refractivity contribution is 1.10. The highest BCUT2D eigenvalue weighted by atomic mass is 14.8. The third-order valence-corrected chi connectivity index (χ3v) is 2.43. The minimum absolute atomic E-state index is 0.796. The molecule has 1 aromatic heterocycles. The topological polar surface area (TPSA) is 25.8 Å². The maximum absolute atomic E-state index is 4.49. The van der Waals surface area contributed by atoms with Crippen LogP contribution in [0.1, 0.15) is 17.0 Å². The minimum Gasteiger partial charge on any atom is -0.250 e. The van der Waals surface area contributed by atoms with Crippen LogP contribution >= 0.6 is 0 Å². The summed E-state index contributed by atoms with van der Waals surface area (Å²) in [6.07, 6.45) is 0.796. The van der Waals surface area contributed by atoms with Crippen molar-refractivity contribution in [3.63, 3.8) is 0 Å². The first-order valence-corrected chi connectivity index (χ1v) is 4.74. The molecule has 0 aliphatic heterocycles. The second-order valence-corrected chi connectivity index (χ2v) is 3.47. The van der Waals surface area contributed by atoms with E-state index in [1.54, 1.807) is 0 Å². The number of aryl methyl sites for hydroxylation is 2. The molecule has 1 radical (unpaired) electrons. The van der Waals surface area contributed by atoms with Crippen molar-refractivity contribution >= 4 is 11.0 Å². The number of hydrogen-bond donors (Lipinski definition) is 0. The van der Waals surface area contributed by atoms with Gasteiger partial charge in [-0.15, -0.1) is 0 Å². The fourth-order valence-corrected chi connectivity index (χ4v) is 1.43. The van der Waals surface area contributed by atoms with Crippen molar-refractivity contribution in [2.45, 2.75) is 20.3 Å². The molecule has 0 unspecified atom stereocenters. The predicted molar refractivity (Wildman–Crippen MR) is 58.1 cm³/mol. The fourth-order valence-electron chi connectivity index (χ4n) is 1.43. The normalized spacial score (nSPS) is 10.8. The molecule has 2 heteroatoms. The Bertz CT molecular complexity index is 475. The van der Waals surface area contributed by atoms with Gasteiger partial charge in [-0.25, -0.2) is 9.97 Å². The van der Waals surface area contributed by atoms with Crippen LogP contribution in [0.4, 0.5) is 0 Å².